The van der Waals surface area contributed by atoms with Crippen LogP contribution in [0.2, 0.25) is 0 Å². The van der Waals surface area contributed by atoms with Crippen molar-refractivity contribution in [1.29, 1.82) is 0 Å². The lowest BCUT2D eigenvalue weighted by Crippen LogP contribution is -1.93. The average Bonchev–Trinajstić information content (AvgIpc) is 2.39. The molecular formula is C14H13NO3. The topological polar surface area (TPSA) is 52.4 Å². The third kappa shape index (κ3) is 2.32. The molecule has 0 saturated heterocycles. The molecule has 0 bridgehead atoms. The first-order valence-electron chi connectivity index (χ1n) is 5.51. The maximum Gasteiger partial charge on any atom is 0.277 e. The van der Waals surface area contributed by atoms with Gasteiger partial charge in [-0.2, -0.15) is 0 Å². The molecule has 2 rings (SSSR count). The fourth-order valence-electron chi connectivity index (χ4n) is 1.81. The van der Waals surface area contributed by atoms with Gasteiger partial charge in [0.25, 0.3) is 5.69 Å². The highest BCUT2D eigenvalue weighted by Gasteiger charge is 2.15. The molecule has 0 aliphatic rings. The van der Waals surface area contributed by atoms with Gasteiger partial charge in [-0.25, -0.2) is 0 Å². The molecule has 92 valence electrons. The minimum absolute atomic E-state index is 0.125. The monoisotopic (exact) mass is 243 g/mol. The Kier molecular flexibility index (Phi) is 3.28. The van der Waals surface area contributed by atoms with E-state index in [0.29, 0.717) is 5.56 Å². The molecule has 0 saturated carbocycles. The quantitative estimate of drug-likeness (QED) is 0.611. The zero-order valence-electron chi connectivity index (χ0n) is 10.2. The van der Waals surface area contributed by atoms with Crippen LogP contribution in [-0.4, -0.2) is 12.0 Å². The Bertz CT molecular complexity index is 576. The molecule has 0 aliphatic heterocycles. The molecule has 4 heteroatoms. The average molecular weight is 243 g/mol. The molecule has 2 aromatic rings. The third-order valence-corrected chi connectivity index (χ3v) is 2.75. The maximum atomic E-state index is 11.1. The minimum Gasteiger partial charge on any atom is -0.497 e. The van der Waals surface area contributed by atoms with E-state index in [-0.39, 0.29) is 10.6 Å². The number of nitro groups is 1. The van der Waals surface area contributed by atoms with Crippen LogP contribution in [0.4, 0.5) is 5.69 Å². The van der Waals surface area contributed by atoms with Crippen molar-refractivity contribution in [3.05, 3.63) is 58.1 Å². The molecule has 0 radical (unpaired) electrons. The molecule has 18 heavy (non-hydrogen) atoms. The number of nitro benzene ring substituents is 1. The van der Waals surface area contributed by atoms with Crippen molar-refractivity contribution >= 4 is 5.69 Å². The van der Waals surface area contributed by atoms with Crippen LogP contribution < -0.4 is 4.74 Å². The normalized spacial score (nSPS) is 10.1. The Morgan fingerprint density at radius 2 is 1.78 bits per heavy atom. The molecule has 2 aromatic carbocycles. The second kappa shape index (κ2) is 4.87. The zero-order chi connectivity index (χ0) is 13.1. The molecule has 0 aromatic heterocycles. The van der Waals surface area contributed by atoms with Crippen molar-refractivity contribution < 1.29 is 9.66 Å². The van der Waals surface area contributed by atoms with Gasteiger partial charge in [0, 0.05) is 6.07 Å². The van der Waals surface area contributed by atoms with E-state index in [1.165, 1.54) is 0 Å². The van der Waals surface area contributed by atoms with Gasteiger partial charge in [0.05, 0.1) is 17.6 Å². The van der Waals surface area contributed by atoms with Crippen molar-refractivity contribution in [3.63, 3.8) is 0 Å². The fourth-order valence-corrected chi connectivity index (χ4v) is 1.81. The Labute approximate surface area is 105 Å². The first-order valence-corrected chi connectivity index (χ1v) is 5.51. The first kappa shape index (κ1) is 12.1. The number of ether oxygens (including phenoxy) is 1. The number of aryl methyl sites for hydroxylation is 1. The number of nitrogens with zero attached hydrogens (tertiary/aromatic N) is 1. The van der Waals surface area contributed by atoms with E-state index in [1.807, 2.05) is 25.1 Å². The summed E-state index contributed by atoms with van der Waals surface area (Å²) in [6.45, 7) is 1.84. The van der Waals surface area contributed by atoms with E-state index in [1.54, 1.807) is 31.4 Å². The predicted molar refractivity (Wildman–Crippen MR) is 69.8 cm³/mol. The summed E-state index contributed by atoms with van der Waals surface area (Å²) in [6, 6.07) is 12.4. The number of hydrogen-bond donors (Lipinski definition) is 0. The maximum absolute atomic E-state index is 11.1. The summed E-state index contributed by atoms with van der Waals surface area (Å²) in [7, 11) is 1.59. The molecule has 0 unspecified atom stereocenters. The minimum atomic E-state index is -0.355. The summed E-state index contributed by atoms with van der Waals surface area (Å²) in [5.41, 5.74) is 2.43. The lowest BCUT2D eigenvalue weighted by molar-refractivity contribution is -0.384. The van der Waals surface area contributed by atoms with Crippen LogP contribution in [0.1, 0.15) is 5.56 Å². The van der Waals surface area contributed by atoms with Crippen molar-refractivity contribution in [2.24, 2.45) is 0 Å². The number of benzene rings is 2. The summed E-state index contributed by atoms with van der Waals surface area (Å²) in [5.74, 6) is 0.730. The fraction of sp³-hybridized carbons (Fsp3) is 0.143. The SMILES string of the molecule is COc1ccc(-c2ccc(C)cc2[N+](=O)[O-])cc1. The molecule has 0 heterocycles. The predicted octanol–water partition coefficient (Wildman–Crippen LogP) is 3.58. The summed E-state index contributed by atoms with van der Waals surface area (Å²) >= 11 is 0. The van der Waals surface area contributed by atoms with Gasteiger partial charge in [0.2, 0.25) is 0 Å². The highest BCUT2D eigenvalue weighted by atomic mass is 16.6. The summed E-state index contributed by atoms with van der Waals surface area (Å²) in [6.07, 6.45) is 0. The molecule has 0 amide bonds. The van der Waals surface area contributed by atoms with Crippen LogP contribution in [0.5, 0.6) is 5.75 Å². The number of methoxy groups -OCH3 is 1. The lowest BCUT2D eigenvalue weighted by Gasteiger charge is -2.05. The van der Waals surface area contributed by atoms with E-state index in [0.717, 1.165) is 16.9 Å². The smallest absolute Gasteiger partial charge is 0.277 e. The van der Waals surface area contributed by atoms with Gasteiger partial charge in [0.15, 0.2) is 0 Å². The van der Waals surface area contributed by atoms with Gasteiger partial charge >= 0.3 is 0 Å². The van der Waals surface area contributed by atoms with Crippen LogP contribution in [0, 0.1) is 17.0 Å². The standard InChI is InChI=1S/C14H13NO3/c1-10-3-8-13(14(9-10)15(16)17)11-4-6-12(18-2)7-5-11/h3-9H,1-2H3. The number of rotatable bonds is 3. The molecular weight excluding hydrogens is 230 g/mol. The van der Waals surface area contributed by atoms with Crippen molar-refractivity contribution in [2.75, 3.05) is 7.11 Å². The van der Waals surface area contributed by atoms with Crippen molar-refractivity contribution in [3.8, 4) is 16.9 Å². The van der Waals surface area contributed by atoms with Gasteiger partial charge in [-0.05, 0) is 36.2 Å². The zero-order valence-corrected chi connectivity index (χ0v) is 10.2. The highest BCUT2D eigenvalue weighted by molar-refractivity contribution is 5.74. The third-order valence-electron chi connectivity index (χ3n) is 2.75. The molecule has 4 nitrogen and oxygen atoms in total. The Morgan fingerprint density at radius 1 is 1.11 bits per heavy atom. The summed E-state index contributed by atoms with van der Waals surface area (Å²) in [4.78, 5) is 10.7. The lowest BCUT2D eigenvalue weighted by atomic mass is 10.0. The molecule has 0 aliphatic carbocycles. The van der Waals surface area contributed by atoms with Crippen LogP contribution in [0.15, 0.2) is 42.5 Å². The van der Waals surface area contributed by atoms with E-state index < -0.39 is 0 Å². The second-order valence-electron chi connectivity index (χ2n) is 4.01. The van der Waals surface area contributed by atoms with Crippen LogP contribution in [0.25, 0.3) is 11.1 Å². The summed E-state index contributed by atoms with van der Waals surface area (Å²) < 4.78 is 5.07. The van der Waals surface area contributed by atoms with Gasteiger partial charge in [-0.15, -0.1) is 0 Å². The largest absolute Gasteiger partial charge is 0.497 e. The second-order valence-corrected chi connectivity index (χ2v) is 4.01. The van der Waals surface area contributed by atoms with Crippen LogP contribution in [0.3, 0.4) is 0 Å². The van der Waals surface area contributed by atoms with Gasteiger partial charge < -0.3 is 4.74 Å². The van der Waals surface area contributed by atoms with E-state index in [2.05, 4.69) is 0 Å². The molecule has 0 N–H and O–H groups in total. The Morgan fingerprint density at radius 3 is 2.33 bits per heavy atom. The molecule has 0 spiro atoms. The molecule has 0 atom stereocenters. The summed E-state index contributed by atoms with van der Waals surface area (Å²) in [5, 5.41) is 11.1. The molecule has 0 fully saturated rings. The van der Waals surface area contributed by atoms with Gasteiger partial charge in [-0.3, -0.25) is 10.1 Å². The van der Waals surface area contributed by atoms with E-state index in [9.17, 15) is 10.1 Å². The number of hydrogen-bond acceptors (Lipinski definition) is 3. The highest BCUT2D eigenvalue weighted by Crippen LogP contribution is 2.31. The van der Waals surface area contributed by atoms with Crippen LogP contribution in [-0.2, 0) is 0 Å². The van der Waals surface area contributed by atoms with Crippen LogP contribution >= 0.6 is 0 Å². The van der Waals surface area contributed by atoms with Crippen molar-refractivity contribution in [1.82, 2.24) is 0 Å². The Hall–Kier alpha value is -2.36. The first-order chi connectivity index (χ1) is 8.61. The van der Waals surface area contributed by atoms with E-state index >= 15 is 0 Å². The van der Waals surface area contributed by atoms with Crippen molar-refractivity contribution in [2.45, 2.75) is 6.92 Å². The van der Waals surface area contributed by atoms with Gasteiger partial charge in [-0.1, -0.05) is 18.2 Å². The Balaban J connectivity index is 2.52. The van der Waals surface area contributed by atoms with Gasteiger partial charge in [0.1, 0.15) is 5.75 Å². The van der Waals surface area contributed by atoms with E-state index in [4.69, 9.17) is 4.74 Å².